The van der Waals surface area contributed by atoms with Gasteiger partial charge in [0.2, 0.25) is 0 Å². The molecule has 4 rings (SSSR count). The Labute approximate surface area is 180 Å². The first-order valence-corrected chi connectivity index (χ1v) is 10.3. The summed E-state index contributed by atoms with van der Waals surface area (Å²) in [6.07, 6.45) is 2.37. The van der Waals surface area contributed by atoms with Crippen LogP contribution in [0.5, 0.6) is 0 Å². The summed E-state index contributed by atoms with van der Waals surface area (Å²) in [6, 6.07) is 23.0. The van der Waals surface area contributed by atoms with Crippen LogP contribution in [0.25, 0.3) is 27.9 Å². The van der Waals surface area contributed by atoms with Crippen molar-refractivity contribution in [2.45, 2.75) is 13.3 Å². The molecule has 0 radical (unpaired) electrons. The highest BCUT2D eigenvalue weighted by molar-refractivity contribution is 6.09. The number of hydrogen-bond donors (Lipinski definition) is 1. The van der Waals surface area contributed by atoms with Gasteiger partial charge < -0.3 is 14.6 Å². The predicted octanol–water partition coefficient (Wildman–Crippen LogP) is 5.06. The van der Waals surface area contributed by atoms with Crippen molar-refractivity contribution in [3.8, 4) is 0 Å². The fourth-order valence-corrected chi connectivity index (χ4v) is 3.64. The molecule has 5 heteroatoms. The maximum absolute atomic E-state index is 12.7. The van der Waals surface area contributed by atoms with Crippen LogP contribution in [-0.2, 0) is 16.6 Å². The highest BCUT2D eigenvalue weighted by atomic mass is 16.5. The summed E-state index contributed by atoms with van der Waals surface area (Å²) < 4.78 is 7.44. The molecule has 31 heavy (non-hydrogen) atoms. The van der Waals surface area contributed by atoms with Crippen LogP contribution in [0.2, 0.25) is 0 Å². The lowest BCUT2D eigenvalue weighted by molar-refractivity contribution is -0.139. The molecule has 3 aromatic carbocycles. The first-order valence-electron chi connectivity index (χ1n) is 10.3. The molecule has 0 bridgehead atoms. The number of fused-ring (bicyclic) bond motifs is 3. The standard InChI is InChI=1S/C26H24N2O3/c1-3-15-31-26(30)22(27-25(29)19-9-5-4-6-10-19)17-18-13-14-24-21(16-18)20-11-7-8-12-23(20)28(24)2/h4-14,16-17H,3,15H2,1-2H3,(H,27,29). The van der Waals surface area contributed by atoms with Gasteiger partial charge in [-0.1, -0.05) is 49.4 Å². The number of amides is 1. The number of esters is 1. The zero-order valence-corrected chi connectivity index (χ0v) is 17.6. The number of carbonyl (C=O) groups excluding carboxylic acids is 2. The summed E-state index contributed by atoms with van der Waals surface area (Å²) in [5.41, 5.74) is 3.63. The Kier molecular flexibility index (Phi) is 5.85. The minimum absolute atomic E-state index is 0.113. The average molecular weight is 412 g/mol. The Balaban J connectivity index is 1.74. The van der Waals surface area contributed by atoms with Gasteiger partial charge in [0.05, 0.1) is 6.61 Å². The number of carbonyl (C=O) groups is 2. The SMILES string of the molecule is CCCOC(=O)C(=Cc1ccc2c(c1)c1ccccc1n2C)NC(=O)c1ccccc1. The van der Waals surface area contributed by atoms with Crippen LogP contribution in [0.1, 0.15) is 29.3 Å². The van der Waals surface area contributed by atoms with Crippen molar-refractivity contribution in [1.82, 2.24) is 9.88 Å². The van der Waals surface area contributed by atoms with Gasteiger partial charge in [-0.25, -0.2) is 4.79 Å². The summed E-state index contributed by atoms with van der Waals surface area (Å²) in [4.78, 5) is 25.3. The molecule has 0 saturated carbocycles. The van der Waals surface area contributed by atoms with Gasteiger partial charge in [-0.2, -0.15) is 0 Å². The van der Waals surface area contributed by atoms with Crippen molar-refractivity contribution in [3.05, 3.63) is 89.6 Å². The van der Waals surface area contributed by atoms with Crippen LogP contribution in [0, 0.1) is 0 Å². The minimum Gasteiger partial charge on any atom is -0.461 e. The maximum atomic E-state index is 12.7. The van der Waals surface area contributed by atoms with E-state index in [1.54, 1.807) is 30.3 Å². The van der Waals surface area contributed by atoms with E-state index in [2.05, 4.69) is 22.0 Å². The van der Waals surface area contributed by atoms with E-state index in [0.717, 1.165) is 27.4 Å². The molecule has 0 spiro atoms. The smallest absolute Gasteiger partial charge is 0.354 e. The molecule has 1 heterocycles. The van der Waals surface area contributed by atoms with E-state index < -0.39 is 5.97 Å². The van der Waals surface area contributed by atoms with Gasteiger partial charge in [-0.3, -0.25) is 4.79 Å². The Hall–Kier alpha value is -3.86. The number of hydrogen-bond acceptors (Lipinski definition) is 3. The summed E-state index contributed by atoms with van der Waals surface area (Å²) in [6.45, 7) is 2.22. The van der Waals surface area contributed by atoms with Crippen molar-refractivity contribution in [2.24, 2.45) is 7.05 Å². The Bertz CT molecular complexity index is 1290. The topological polar surface area (TPSA) is 60.3 Å². The third-order valence-corrected chi connectivity index (χ3v) is 5.19. The van der Waals surface area contributed by atoms with Gasteiger partial charge >= 0.3 is 5.97 Å². The molecule has 0 unspecified atom stereocenters. The third kappa shape index (κ3) is 4.21. The zero-order chi connectivity index (χ0) is 21.8. The summed E-state index contributed by atoms with van der Waals surface area (Å²) >= 11 is 0. The highest BCUT2D eigenvalue weighted by Gasteiger charge is 2.16. The molecule has 1 amide bonds. The van der Waals surface area contributed by atoms with Gasteiger partial charge in [0.25, 0.3) is 5.91 Å². The Morgan fingerprint density at radius 3 is 2.42 bits per heavy atom. The number of aromatic nitrogens is 1. The van der Waals surface area contributed by atoms with Gasteiger partial charge in [-0.05, 0) is 48.4 Å². The molecular weight excluding hydrogens is 388 g/mol. The minimum atomic E-state index is -0.552. The average Bonchev–Trinajstić information content (AvgIpc) is 3.09. The summed E-state index contributed by atoms with van der Waals surface area (Å²) in [7, 11) is 2.04. The van der Waals surface area contributed by atoms with Crippen molar-refractivity contribution in [1.29, 1.82) is 0 Å². The van der Waals surface area contributed by atoms with Gasteiger partial charge in [0.15, 0.2) is 0 Å². The van der Waals surface area contributed by atoms with E-state index in [1.165, 1.54) is 0 Å². The Morgan fingerprint density at radius 1 is 0.935 bits per heavy atom. The quantitative estimate of drug-likeness (QED) is 0.356. The van der Waals surface area contributed by atoms with E-state index in [1.807, 2.05) is 50.4 Å². The van der Waals surface area contributed by atoms with Gasteiger partial charge in [-0.15, -0.1) is 0 Å². The maximum Gasteiger partial charge on any atom is 0.354 e. The van der Waals surface area contributed by atoms with Gasteiger partial charge in [0, 0.05) is 34.4 Å². The van der Waals surface area contributed by atoms with Crippen LogP contribution in [0.3, 0.4) is 0 Å². The number of nitrogens with zero attached hydrogens (tertiary/aromatic N) is 1. The molecule has 5 nitrogen and oxygen atoms in total. The molecule has 0 aliphatic carbocycles. The molecule has 0 atom stereocenters. The Morgan fingerprint density at radius 2 is 1.65 bits per heavy atom. The van der Waals surface area contributed by atoms with E-state index in [4.69, 9.17) is 4.74 Å². The van der Waals surface area contributed by atoms with E-state index in [0.29, 0.717) is 18.6 Å². The normalized spacial score (nSPS) is 11.6. The van der Waals surface area contributed by atoms with E-state index in [9.17, 15) is 9.59 Å². The number of para-hydroxylation sites is 1. The first-order chi connectivity index (χ1) is 15.1. The third-order valence-electron chi connectivity index (χ3n) is 5.19. The molecule has 1 aromatic heterocycles. The molecule has 0 fully saturated rings. The van der Waals surface area contributed by atoms with E-state index in [-0.39, 0.29) is 11.6 Å². The first kappa shape index (κ1) is 20.4. The zero-order valence-electron chi connectivity index (χ0n) is 17.6. The second kappa shape index (κ2) is 8.88. The lowest BCUT2D eigenvalue weighted by Gasteiger charge is -2.10. The van der Waals surface area contributed by atoms with Crippen molar-refractivity contribution >= 4 is 39.8 Å². The lowest BCUT2D eigenvalue weighted by atomic mass is 10.1. The number of rotatable bonds is 6. The number of ether oxygens (including phenoxy) is 1. The number of aryl methyl sites for hydroxylation is 1. The fourth-order valence-electron chi connectivity index (χ4n) is 3.64. The largest absolute Gasteiger partial charge is 0.461 e. The number of benzene rings is 3. The molecule has 0 aliphatic rings. The monoisotopic (exact) mass is 412 g/mol. The molecule has 0 saturated heterocycles. The molecule has 0 aliphatic heterocycles. The molecule has 156 valence electrons. The van der Waals surface area contributed by atoms with Crippen LogP contribution in [0.4, 0.5) is 0 Å². The molecule has 1 N–H and O–H groups in total. The van der Waals surface area contributed by atoms with Crippen molar-refractivity contribution in [2.75, 3.05) is 6.61 Å². The lowest BCUT2D eigenvalue weighted by Crippen LogP contribution is -2.28. The van der Waals surface area contributed by atoms with Crippen LogP contribution < -0.4 is 5.32 Å². The fraction of sp³-hybridized carbons (Fsp3) is 0.154. The van der Waals surface area contributed by atoms with Crippen molar-refractivity contribution < 1.29 is 14.3 Å². The summed E-state index contributed by atoms with van der Waals surface area (Å²) in [5.74, 6) is -0.907. The molecule has 4 aromatic rings. The molecular formula is C26H24N2O3. The van der Waals surface area contributed by atoms with Crippen molar-refractivity contribution in [3.63, 3.8) is 0 Å². The second-order valence-electron chi connectivity index (χ2n) is 7.37. The van der Waals surface area contributed by atoms with E-state index >= 15 is 0 Å². The summed E-state index contributed by atoms with van der Waals surface area (Å²) in [5, 5.41) is 4.95. The van der Waals surface area contributed by atoms with Crippen LogP contribution in [-0.4, -0.2) is 23.1 Å². The van der Waals surface area contributed by atoms with Crippen LogP contribution >= 0.6 is 0 Å². The van der Waals surface area contributed by atoms with Crippen LogP contribution in [0.15, 0.2) is 78.5 Å². The highest BCUT2D eigenvalue weighted by Crippen LogP contribution is 2.29. The van der Waals surface area contributed by atoms with Gasteiger partial charge in [0.1, 0.15) is 5.70 Å². The number of nitrogens with one attached hydrogen (secondary N) is 1. The second-order valence-corrected chi connectivity index (χ2v) is 7.37. The predicted molar refractivity (Wildman–Crippen MR) is 124 cm³/mol.